The number of methoxy groups -OCH3 is 4. The van der Waals surface area contributed by atoms with E-state index in [1.807, 2.05) is 42.5 Å². The summed E-state index contributed by atoms with van der Waals surface area (Å²) < 4.78 is 22.5. The molecule has 6 rings (SSSR count). The highest BCUT2D eigenvalue weighted by atomic mass is 16.5. The molecule has 242 valence electrons. The molecule has 4 atom stereocenters. The van der Waals surface area contributed by atoms with Crippen LogP contribution in [-0.4, -0.2) is 75.4 Å². The van der Waals surface area contributed by atoms with E-state index >= 15 is 0 Å². The first-order valence-electron chi connectivity index (χ1n) is 16.1. The minimum Gasteiger partial charge on any atom is -0.493 e. The number of likely N-dealkylation sites (tertiary alicyclic amines) is 1. The number of nitrogens with zero attached hydrogens (tertiary/aromatic N) is 2. The zero-order chi connectivity index (χ0) is 32.4. The lowest BCUT2D eigenvalue weighted by molar-refractivity contribution is -0.156. The van der Waals surface area contributed by atoms with Gasteiger partial charge in [0.2, 0.25) is 0 Å². The van der Waals surface area contributed by atoms with Crippen molar-refractivity contribution >= 4 is 17.5 Å². The second-order valence-electron chi connectivity index (χ2n) is 12.7. The lowest BCUT2D eigenvalue weighted by Gasteiger charge is -2.49. The van der Waals surface area contributed by atoms with E-state index in [2.05, 4.69) is 40.6 Å². The van der Waals surface area contributed by atoms with Crippen LogP contribution >= 0.6 is 0 Å². The van der Waals surface area contributed by atoms with Crippen molar-refractivity contribution in [3.8, 4) is 11.5 Å². The molecule has 0 aliphatic carbocycles. The fourth-order valence-corrected chi connectivity index (χ4v) is 8.03. The highest BCUT2D eigenvalue weighted by Crippen LogP contribution is 2.58. The summed E-state index contributed by atoms with van der Waals surface area (Å²) >= 11 is 0. The highest BCUT2D eigenvalue weighted by molar-refractivity contribution is 5.86. The van der Waals surface area contributed by atoms with E-state index in [0.29, 0.717) is 17.9 Å². The molecule has 0 radical (unpaired) electrons. The Morgan fingerprint density at radius 3 is 2.22 bits per heavy atom. The molecule has 0 spiro atoms. The van der Waals surface area contributed by atoms with Gasteiger partial charge in [0.1, 0.15) is 5.54 Å². The Kier molecular flexibility index (Phi) is 9.20. The summed E-state index contributed by atoms with van der Waals surface area (Å²) in [6.07, 6.45) is 4.29. The van der Waals surface area contributed by atoms with Crippen LogP contribution in [0.2, 0.25) is 0 Å². The van der Waals surface area contributed by atoms with Gasteiger partial charge < -0.3 is 18.9 Å². The minimum atomic E-state index is -1.15. The Bertz CT molecular complexity index is 1600. The van der Waals surface area contributed by atoms with Crippen molar-refractivity contribution < 1.29 is 28.5 Å². The molecular weight excluding hydrogens is 580 g/mol. The first-order valence-corrected chi connectivity index (χ1v) is 16.1. The number of hydrogen-bond acceptors (Lipinski definition) is 8. The van der Waals surface area contributed by atoms with Gasteiger partial charge in [0.25, 0.3) is 0 Å². The average molecular weight is 625 g/mol. The lowest BCUT2D eigenvalue weighted by atomic mass is 9.76. The number of carbonyl (C=O) groups is 2. The molecule has 2 saturated heterocycles. The third-order valence-electron chi connectivity index (χ3n) is 10.1. The predicted molar refractivity (Wildman–Crippen MR) is 177 cm³/mol. The van der Waals surface area contributed by atoms with E-state index in [1.165, 1.54) is 33.5 Å². The molecule has 0 aromatic heterocycles. The molecule has 3 aliphatic heterocycles. The van der Waals surface area contributed by atoms with Crippen molar-refractivity contribution in [3.63, 3.8) is 0 Å². The Morgan fingerprint density at radius 2 is 1.54 bits per heavy atom. The highest BCUT2D eigenvalue weighted by Gasteiger charge is 2.64. The molecule has 0 unspecified atom stereocenters. The molecule has 0 bridgehead atoms. The molecule has 8 nitrogen and oxygen atoms in total. The van der Waals surface area contributed by atoms with Gasteiger partial charge in [-0.05, 0) is 83.9 Å². The molecule has 8 heteroatoms. The number of benzene rings is 3. The van der Waals surface area contributed by atoms with Crippen LogP contribution in [0.15, 0.2) is 73.3 Å². The van der Waals surface area contributed by atoms with Crippen LogP contribution in [-0.2, 0) is 25.5 Å². The third kappa shape index (κ3) is 5.58. The van der Waals surface area contributed by atoms with Crippen LogP contribution in [0.3, 0.4) is 0 Å². The molecule has 3 aromatic rings. The maximum Gasteiger partial charge on any atom is 0.326 e. The summed E-state index contributed by atoms with van der Waals surface area (Å²) in [6, 6.07) is 21.5. The van der Waals surface area contributed by atoms with Crippen LogP contribution in [0.4, 0.5) is 0 Å². The van der Waals surface area contributed by atoms with Gasteiger partial charge in [0.15, 0.2) is 11.5 Å². The summed E-state index contributed by atoms with van der Waals surface area (Å²) in [6.45, 7) is 7.48. The first-order chi connectivity index (χ1) is 22.3. The van der Waals surface area contributed by atoms with Crippen molar-refractivity contribution in [3.05, 3.63) is 101 Å². The number of rotatable bonds is 9. The average Bonchev–Trinajstić information content (AvgIpc) is 3.45. The van der Waals surface area contributed by atoms with Crippen LogP contribution in [0, 0.1) is 5.92 Å². The first kappa shape index (κ1) is 31.8. The van der Waals surface area contributed by atoms with Crippen LogP contribution in [0.5, 0.6) is 11.5 Å². The van der Waals surface area contributed by atoms with Crippen LogP contribution < -0.4 is 9.47 Å². The fraction of sp³-hybridized carbons (Fsp3) is 0.421. The van der Waals surface area contributed by atoms with Crippen molar-refractivity contribution in [2.24, 2.45) is 5.92 Å². The second-order valence-corrected chi connectivity index (χ2v) is 12.7. The Labute approximate surface area is 271 Å². The zero-order valence-electron chi connectivity index (χ0n) is 27.3. The largest absolute Gasteiger partial charge is 0.493 e. The summed E-state index contributed by atoms with van der Waals surface area (Å²) in [7, 11) is 6.06. The number of ether oxygens (including phenoxy) is 4. The summed E-state index contributed by atoms with van der Waals surface area (Å²) in [5.41, 5.74) is 4.82. The van der Waals surface area contributed by atoms with E-state index in [4.69, 9.17) is 18.9 Å². The predicted octanol–water partition coefficient (Wildman–Crippen LogP) is 6.00. The van der Waals surface area contributed by atoms with Crippen molar-refractivity contribution in [1.82, 2.24) is 9.80 Å². The molecule has 3 aromatic carbocycles. The quantitative estimate of drug-likeness (QED) is 0.269. The number of esters is 2. The molecule has 3 aliphatic rings. The van der Waals surface area contributed by atoms with Gasteiger partial charge in [0.05, 0.1) is 46.4 Å². The standard InChI is InChI=1S/C38H44N2O6/c1-25(24-39-17-10-7-11-18-39)27-15-12-16-28(19-27)35-30-21-33(44-3)32(43-2)20-29(30)22-38(37(42)46-5)23-31(36(41)45-4)34(40(35)38)26-13-8-6-9-14-26/h6,8-9,12-16,19-21,31,34-35H,1,7,10-11,17-18,22-24H2,2-5H3/t31-,34+,35+,38+/m0/s1. The van der Waals surface area contributed by atoms with Crippen molar-refractivity contribution in [2.45, 2.75) is 49.7 Å². The Balaban J connectivity index is 1.57. The zero-order valence-corrected chi connectivity index (χ0v) is 27.3. The third-order valence-corrected chi connectivity index (χ3v) is 10.1. The van der Waals surface area contributed by atoms with Gasteiger partial charge in [0, 0.05) is 13.0 Å². The van der Waals surface area contributed by atoms with Crippen molar-refractivity contribution in [1.29, 1.82) is 0 Å². The molecular formula is C38H44N2O6. The Hall–Kier alpha value is -4.14. The van der Waals surface area contributed by atoms with Gasteiger partial charge in [-0.3, -0.25) is 19.4 Å². The van der Waals surface area contributed by atoms with E-state index in [0.717, 1.165) is 53.0 Å². The van der Waals surface area contributed by atoms with E-state index in [1.54, 1.807) is 14.2 Å². The number of piperidine rings is 1. The summed E-state index contributed by atoms with van der Waals surface area (Å²) in [5.74, 6) is -0.157. The molecule has 0 amide bonds. The molecule has 0 saturated carbocycles. The SMILES string of the molecule is C=C(CN1CCCCC1)c1cccc([C@@H]2c3cc(OC)c(OC)cc3C[C@]3(C(=O)OC)C[C@H](C(=O)OC)[C@@H](c4ccccc4)N23)c1. The summed E-state index contributed by atoms with van der Waals surface area (Å²) in [5, 5.41) is 0. The lowest BCUT2D eigenvalue weighted by Crippen LogP contribution is -2.57. The number of hydrogen-bond donors (Lipinski definition) is 0. The molecule has 0 N–H and O–H groups in total. The number of fused-ring (bicyclic) bond motifs is 2. The maximum atomic E-state index is 14.2. The summed E-state index contributed by atoms with van der Waals surface area (Å²) in [4.78, 5) is 32.5. The normalized spacial score (nSPS) is 24.4. The topological polar surface area (TPSA) is 77.5 Å². The van der Waals surface area contributed by atoms with E-state index in [9.17, 15) is 9.59 Å². The molecule has 2 fully saturated rings. The maximum absolute atomic E-state index is 14.2. The van der Waals surface area contributed by atoms with Gasteiger partial charge in [-0.1, -0.05) is 61.5 Å². The van der Waals surface area contributed by atoms with Crippen molar-refractivity contribution in [2.75, 3.05) is 48.1 Å². The van der Waals surface area contributed by atoms with Gasteiger partial charge in [-0.2, -0.15) is 0 Å². The Morgan fingerprint density at radius 1 is 0.848 bits per heavy atom. The van der Waals surface area contributed by atoms with Gasteiger partial charge in [-0.25, -0.2) is 0 Å². The van der Waals surface area contributed by atoms with E-state index < -0.39 is 23.5 Å². The molecule has 3 heterocycles. The van der Waals surface area contributed by atoms with Gasteiger partial charge >= 0.3 is 11.9 Å². The molecule has 46 heavy (non-hydrogen) atoms. The van der Waals surface area contributed by atoms with E-state index in [-0.39, 0.29) is 18.4 Å². The van der Waals surface area contributed by atoms with Crippen LogP contribution in [0.1, 0.15) is 65.6 Å². The van der Waals surface area contributed by atoms with Crippen LogP contribution in [0.25, 0.3) is 5.57 Å². The second kappa shape index (κ2) is 13.3. The van der Waals surface area contributed by atoms with Gasteiger partial charge in [-0.15, -0.1) is 0 Å². The fourth-order valence-electron chi connectivity index (χ4n) is 8.03. The monoisotopic (exact) mass is 624 g/mol. The smallest absolute Gasteiger partial charge is 0.326 e. The minimum absolute atomic E-state index is 0.248. The number of carbonyl (C=O) groups excluding carboxylic acids is 2.